The SMILES string of the molecule is CC[C@H]1OC(=O)[C@H](C)[C@@H](O[C@H]2C[C@@](C)(OC)[C@@H](O)[C@H](C)O2)[C@H](C)[C@@H](O[C@@H]2O[C@H](C)C[C@H](N(C)C)[C@H]2O)[C@](C)(O)C[C@@H](C)CN(CCCN(CCC#N)C(=S)NCc2ccccc2)[C@H](C)[C@@H](O)[C@]1(C)O. The highest BCUT2D eigenvalue weighted by Gasteiger charge is 2.53. The number of cyclic esters (lactones) is 1. The molecule has 0 spiro atoms. The van der Waals surface area contributed by atoms with Gasteiger partial charge in [-0.05, 0) is 112 Å². The first-order valence-corrected chi connectivity index (χ1v) is 25.4. The topological polar surface area (TPSA) is 219 Å². The number of nitriles is 1. The van der Waals surface area contributed by atoms with Gasteiger partial charge in [0.2, 0.25) is 0 Å². The fourth-order valence-electron chi connectivity index (χ4n) is 10.7. The molecule has 3 aliphatic rings. The van der Waals surface area contributed by atoms with Gasteiger partial charge in [-0.3, -0.25) is 9.69 Å². The largest absolute Gasteiger partial charge is 0.459 e. The van der Waals surface area contributed by atoms with Gasteiger partial charge in [0, 0.05) is 64.3 Å². The van der Waals surface area contributed by atoms with E-state index in [2.05, 4.69) is 16.3 Å². The molecule has 0 radical (unpaired) electrons. The number of benzene rings is 1. The molecular formula is C51H87N5O12S. The maximum atomic E-state index is 14.6. The number of aliphatic hydroxyl groups excluding tert-OH is 3. The molecule has 0 saturated carbocycles. The number of likely N-dealkylation sites (N-methyl/N-ethyl adjacent to an activating group) is 1. The molecule has 1 aromatic carbocycles. The minimum atomic E-state index is -1.92. The first-order chi connectivity index (χ1) is 32.3. The minimum absolute atomic E-state index is 0.101. The molecule has 1 aromatic rings. The van der Waals surface area contributed by atoms with Gasteiger partial charge in [0.1, 0.15) is 30.0 Å². The quantitative estimate of drug-likeness (QED) is 0.108. The van der Waals surface area contributed by atoms with Crippen LogP contribution in [-0.2, 0) is 39.8 Å². The summed E-state index contributed by atoms with van der Waals surface area (Å²) in [5, 5.41) is 73.7. The van der Waals surface area contributed by atoms with Crippen LogP contribution in [0.15, 0.2) is 30.3 Å². The average molecular weight is 994 g/mol. The summed E-state index contributed by atoms with van der Waals surface area (Å²) in [5.74, 6) is -2.87. The van der Waals surface area contributed by atoms with E-state index in [1.165, 1.54) is 14.0 Å². The number of carbonyl (C=O) groups excluding carboxylic acids is 1. The molecule has 0 aromatic heterocycles. The van der Waals surface area contributed by atoms with Crippen LogP contribution in [0.1, 0.15) is 113 Å². The number of ether oxygens (including phenoxy) is 6. The van der Waals surface area contributed by atoms with Crippen molar-refractivity contribution in [3.63, 3.8) is 0 Å². The summed E-state index contributed by atoms with van der Waals surface area (Å²) in [6.45, 7) is 19.9. The van der Waals surface area contributed by atoms with Crippen molar-refractivity contribution >= 4 is 23.3 Å². The van der Waals surface area contributed by atoms with E-state index in [1.807, 2.05) is 81.9 Å². The summed E-state index contributed by atoms with van der Waals surface area (Å²) in [6, 6.07) is 11.1. The Hall–Kier alpha value is -2.61. The second kappa shape index (κ2) is 25.9. The zero-order chi connectivity index (χ0) is 51.6. The van der Waals surface area contributed by atoms with E-state index in [4.69, 9.17) is 40.6 Å². The maximum absolute atomic E-state index is 14.6. The lowest BCUT2D eigenvalue weighted by molar-refractivity contribution is -0.318. The number of carbonyl (C=O) groups is 1. The lowest BCUT2D eigenvalue weighted by Crippen LogP contribution is -2.60. The van der Waals surface area contributed by atoms with Crippen LogP contribution in [0.2, 0.25) is 0 Å². The number of esters is 1. The molecule has 394 valence electrons. The van der Waals surface area contributed by atoms with Crippen molar-refractivity contribution in [2.45, 2.75) is 205 Å². The fourth-order valence-corrected chi connectivity index (χ4v) is 11.0. The molecule has 17 nitrogen and oxygen atoms in total. The van der Waals surface area contributed by atoms with E-state index in [1.54, 1.807) is 34.6 Å². The summed E-state index contributed by atoms with van der Waals surface area (Å²) in [5.41, 5.74) is -3.57. The van der Waals surface area contributed by atoms with Gasteiger partial charge in [-0.15, -0.1) is 0 Å². The summed E-state index contributed by atoms with van der Waals surface area (Å²) in [6.07, 6.45) is -8.18. The second-order valence-electron chi connectivity index (χ2n) is 21.1. The lowest BCUT2D eigenvalue weighted by Gasteiger charge is -2.48. The molecule has 4 rings (SSSR count). The Morgan fingerprint density at radius 1 is 0.986 bits per heavy atom. The van der Waals surface area contributed by atoms with Crippen LogP contribution < -0.4 is 5.32 Å². The van der Waals surface area contributed by atoms with Crippen LogP contribution in [-0.4, -0.2) is 189 Å². The number of aliphatic hydroxyl groups is 5. The van der Waals surface area contributed by atoms with Crippen molar-refractivity contribution in [2.75, 3.05) is 47.4 Å². The zero-order valence-electron chi connectivity index (χ0n) is 43.6. The zero-order valence-corrected chi connectivity index (χ0v) is 44.4. The van der Waals surface area contributed by atoms with Crippen LogP contribution in [0.5, 0.6) is 0 Å². The number of hydrogen-bond acceptors (Lipinski definition) is 16. The molecule has 0 unspecified atom stereocenters. The van der Waals surface area contributed by atoms with E-state index < -0.39 is 96.0 Å². The Labute approximate surface area is 417 Å². The molecule has 18 atom stereocenters. The fraction of sp³-hybridized carbons (Fsp3) is 0.824. The first kappa shape index (κ1) is 59.0. The van der Waals surface area contributed by atoms with Crippen LogP contribution in [0.3, 0.4) is 0 Å². The van der Waals surface area contributed by atoms with Crippen LogP contribution in [0.4, 0.5) is 0 Å². The Balaban J connectivity index is 1.76. The predicted octanol–water partition coefficient (Wildman–Crippen LogP) is 3.95. The van der Waals surface area contributed by atoms with Gasteiger partial charge in [0.15, 0.2) is 17.7 Å². The molecule has 3 heterocycles. The van der Waals surface area contributed by atoms with Crippen molar-refractivity contribution < 1.29 is 58.7 Å². The van der Waals surface area contributed by atoms with Gasteiger partial charge in [0.25, 0.3) is 0 Å². The minimum Gasteiger partial charge on any atom is -0.459 e. The van der Waals surface area contributed by atoms with Gasteiger partial charge in [-0.2, -0.15) is 5.26 Å². The Morgan fingerprint density at radius 2 is 1.65 bits per heavy atom. The normalized spacial score (nSPS) is 40.0. The molecule has 0 aliphatic carbocycles. The first-order valence-electron chi connectivity index (χ1n) is 25.0. The third-order valence-corrected chi connectivity index (χ3v) is 15.4. The van der Waals surface area contributed by atoms with Crippen LogP contribution in [0.25, 0.3) is 0 Å². The number of nitrogens with zero attached hydrogens (tertiary/aromatic N) is 4. The van der Waals surface area contributed by atoms with Crippen molar-refractivity contribution in [3.8, 4) is 6.07 Å². The van der Waals surface area contributed by atoms with E-state index in [0.29, 0.717) is 50.7 Å². The van der Waals surface area contributed by atoms with E-state index in [-0.39, 0.29) is 43.7 Å². The van der Waals surface area contributed by atoms with Gasteiger partial charge in [-0.1, -0.05) is 51.1 Å². The molecule has 0 bridgehead atoms. The number of nitrogens with one attached hydrogen (secondary N) is 1. The average Bonchev–Trinajstić information content (AvgIpc) is 3.30. The number of rotatable bonds is 15. The van der Waals surface area contributed by atoms with Gasteiger partial charge in [-0.25, -0.2) is 0 Å². The molecule has 3 aliphatic heterocycles. The van der Waals surface area contributed by atoms with Gasteiger partial charge >= 0.3 is 5.97 Å². The summed E-state index contributed by atoms with van der Waals surface area (Å²) in [4.78, 5) is 20.6. The van der Waals surface area contributed by atoms with E-state index in [9.17, 15) is 35.6 Å². The third kappa shape index (κ3) is 15.2. The number of methoxy groups -OCH3 is 1. The molecule has 0 amide bonds. The monoisotopic (exact) mass is 994 g/mol. The van der Waals surface area contributed by atoms with Crippen molar-refractivity contribution in [1.29, 1.82) is 5.26 Å². The Bertz CT molecular complexity index is 1790. The van der Waals surface area contributed by atoms with Gasteiger partial charge in [0.05, 0.1) is 54.0 Å². The Morgan fingerprint density at radius 3 is 2.26 bits per heavy atom. The highest BCUT2D eigenvalue weighted by atomic mass is 32.1. The molecule has 3 saturated heterocycles. The molecule has 18 heteroatoms. The van der Waals surface area contributed by atoms with Crippen molar-refractivity contribution in [1.82, 2.24) is 20.0 Å². The van der Waals surface area contributed by atoms with Crippen LogP contribution >= 0.6 is 12.2 Å². The predicted molar refractivity (Wildman–Crippen MR) is 265 cm³/mol. The second-order valence-corrected chi connectivity index (χ2v) is 21.5. The molecule has 6 N–H and O–H groups in total. The highest BCUT2D eigenvalue weighted by molar-refractivity contribution is 7.80. The third-order valence-electron chi connectivity index (χ3n) is 15.0. The molecule has 69 heavy (non-hydrogen) atoms. The van der Waals surface area contributed by atoms with E-state index >= 15 is 0 Å². The van der Waals surface area contributed by atoms with Gasteiger partial charge < -0.3 is 69.1 Å². The van der Waals surface area contributed by atoms with E-state index in [0.717, 1.165) is 5.56 Å². The highest BCUT2D eigenvalue weighted by Crippen LogP contribution is 2.40. The summed E-state index contributed by atoms with van der Waals surface area (Å²) >= 11 is 5.82. The molecular weight excluding hydrogens is 907 g/mol. The van der Waals surface area contributed by atoms with Crippen molar-refractivity contribution in [3.05, 3.63) is 35.9 Å². The standard InChI is InChI=1S/C51H87N5O12S/c1-14-39-51(10,62)43(58)35(6)56(25-19-24-55(23-18-22-52)48(69)53-29-37-20-16-15-17-21-37)30-31(2)27-49(8,61)45(68-47-41(57)38(54(11)12)26-32(3)64-47)33(4)42(34(5)46(60)66-39)67-40-28-50(9,63-13)44(59)36(7)65-40/h15-17,20-21,31-36,38-45,47,57-59,61-62H,14,18-19,23-30H2,1-13H3,(H,53,69)/t31-,32-,33+,34-,35-,36+,38+,39-,40+,41-,42+,43-,44+,45-,47+,49-,50-,51-/m1/s1. The smallest absolute Gasteiger partial charge is 0.311 e. The lowest BCUT2D eigenvalue weighted by atomic mass is 9.77. The van der Waals surface area contributed by atoms with Crippen LogP contribution in [0, 0.1) is 29.1 Å². The maximum Gasteiger partial charge on any atom is 0.311 e. The Kier molecular flexibility index (Phi) is 22.1. The molecule has 3 fully saturated rings. The van der Waals surface area contributed by atoms with Crippen molar-refractivity contribution in [2.24, 2.45) is 17.8 Å². The number of hydrogen-bond donors (Lipinski definition) is 6. The summed E-state index contributed by atoms with van der Waals surface area (Å²) < 4.78 is 38.2. The summed E-state index contributed by atoms with van der Waals surface area (Å²) in [7, 11) is 5.27. The number of thiocarbonyl (C=S) groups is 1.